The second-order valence-electron chi connectivity index (χ2n) is 5.54. The van der Waals surface area contributed by atoms with E-state index in [0.717, 1.165) is 0 Å². The van der Waals surface area contributed by atoms with Gasteiger partial charge in [0, 0.05) is 18.7 Å². The molecule has 1 saturated heterocycles. The van der Waals surface area contributed by atoms with Crippen LogP contribution in [0, 0.1) is 5.41 Å². The van der Waals surface area contributed by atoms with Crippen LogP contribution in [0.4, 0.5) is 0 Å². The Morgan fingerprint density at radius 3 is 2.60 bits per heavy atom. The predicted octanol–water partition coefficient (Wildman–Crippen LogP) is 0.596. The molecule has 1 aromatic rings. The molecular weight excluding hydrogens is 258 g/mol. The molecule has 0 bridgehead atoms. The lowest BCUT2D eigenvalue weighted by atomic mass is 9.88. The molecule has 6 nitrogen and oxygen atoms in total. The lowest BCUT2D eigenvalue weighted by Crippen LogP contribution is -2.44. The van der Waals surface area contributed by atoms with E-state index in [1.54, 1.807) is 6.07 Å². The lowest BCUT2D eigenvalue weighted by Gasteiger charge is -2.25. The van der Waals surface area contributed by atoms with E-state index in [0.29, 0.717) is 18.8 Å². The van der Waals surface area contributed by atoms with Crippen molar-refractivity contribution < 1.29 is 14.3 Å². The summed E-state index contributed by atoms with van der Waals surface area (Å²) in [5.41, 5.74) is 0.638. The Labute approximate surface area is 117 Å². The number of hydrogen-bond acceptors (Lipinski definition) is 4. The van der Waals surface area contributed by atoms with E-state index in [4.69, 9.17) is 4.74 Å². The fourth-order valence-corrected chi connectivity index (χ4v) is 2.04. The highest BCUT2D eigenvalue weighted by Crippen LogP contribution is 2.27. The second kappa shape index (κ2) is 5.58. The first-order valence-electron chi connectivity index (χ1n) is 6.51. The largest absolute Gasteiger partial charge is 0.379 e. The van der Waals surface area contributed by atoms with Crippen molar-refractivity contribution in [3.05, 3.63) is 29.6 Å². The topological polar surface area (TPSA) is 80.3 Å². The number of carbonyl (C=O) groups is 2. The maximum atomic E-state index is 12.1. The van der Waals surface area contributed by atoms with Gasteiger partial charge in [0.2, 0.25) is 0 Å². The Balaban J connectivity index is 2.04. The van der Waals surface area contributed by atoms with Gasteiger partial charge in [-0.15, -0.1) is 0 Å². The zero-order chi connectivity index (χ0) is 14.8. The van der Waals surface area contributed by atoms with Crippen LogP contribution in [0.5, 0.6) is 0 Å². The molecule has 1 aromatic heterocycles. The Morgan fingerprint density at radius 1 is 1.35 bits per heavy atom. The Hall–Kier alpha value is -1.95. The van der Waals surface area contributed by atoms with Gasteiger partial charge in [-0.05, 0) is 12.1 Å². The third kappa shape index (κ3) is 2.96. The Kier molecular flexibility index (Phi) is 4.04. The number of nitrogens with zero attached hydrogens (tertiary/aromatic N) is 1. The van der Waals surface area contributed by atoms with Crippen LogP contribution in [-0.2, 0) is 4.74 Å². The first-order chi connectivity index (χ1) is 9.44. The van der Waals surface area contributed by atoms with Gasteiger partial charge in [0.1, 0.15) is 5.69 Å². The molecule has 1 atom stereocenters. The van der Waals surface area contributed by atoms with Gasteiger partial charge in [0.15, 0.2) is 0 Å². The molecule has 2 N–H and O–H groups in total. The van der Waals surface area contributed by atoms with Gasteiger partial charge in [-0.1, -0.05) is 13.8 Å². The molecule has 2 amide bonds. The first kappa shape index (κ1) is 14.5. The van der Waals surface area contributed by atoms with Gasteiger partial charge in [-0.3, -0.25) is 14.6 Å². The number of pyridine rings is 1. The van der Waals surface area contributed by atoms with E-state index in [1.165, 1.54) is 19.3 Å². The number of nitrogens with one attached hydrogen (secondary N) is 2. The molecule has 2 heterocycles. The molecule has 0 aromatic carbocycles. The van der Waals surface area contributed by atoms with Crippen LogP contribution in [0.25, 0.3) is 0 Å². The molecule has 2 rings (SSSR count). The number of ether oxygens (including phenoxy) is 1. The zero-order valence-electron chi connectivity index (χ0n) is 11.9. The molecule has 108 valence electrons. The first-order valence-corrected chi connectivity index (χ1v) is 6.51. The molecule has 0 radical (unpaired) electrons. The number of carbonyl (C=O) groups excluding carboxylic acids is 2. The van der Waals surface area contributed by atoms with Crippen LogP contribution in [0.3, 0.4) is 0 Å². The zero-order valence-corrected chi connectivity index (χ0v) is 11.9. The fraction of sp³-hybridized carbons (Fsp3) is 0.500. The van der Waals surface area contributed by atoms with Crippen molar-refractivity contribution in [1.82, 2.24) is 15.6 Å². The molecule has 0 aliphatic carbocycles. The molecular formula is C14H19N3O3. The quantitative estimate of drug-likeness (QED) is 0.847. The lowest BCUT2D eigenvalue weighted by molar-refractivity contribution is 0.0911. The summed E-state index contributed by atoms with van der Waals surface area (Å²) in [7, 11) is 1.53. The molecule has 1 aliphatic heterocycles. The average Bonchev–Trinajstić information content (AvgIpc) is 2.77. The minimum Gasteiger partial charge on any atom is -0.379 e. The SMILES string of the molecule is CNC(=O)c1ccc(C(=O)NC2COCC2(C)C)cn1. The Bertz CT molecular complexity index is 511. The van der Waals surface area contributed by atoms with Crippen molar-refractivity contribution in [3.8, 4) is 0 Å². The maximum Gasteiger partial charge on any atom is 0.269 e. The van der Waals surface area contributed by atoms with E-state index < -0.39 is 0 Å². The highest BCUT2D eigenvalue weighted by Gasteiger charge is 2.36. The molecule has 1 unspecified atom stereocenters. The van der Waals surface area contributed by atoms with Gasteiger partial charge in [-0.2, -0.15) is 0 Å². The van der Waals surface area contributed by atoms with Gasteiger partial charge >= 0.3 is 0 Å². The minimum atomic E-state index is -0.276. The van der Waals surface area contributed by atoms with Crippen molar-refractivity contribution in [3.63, 3.8) is 0 Å². The summed E-state index contributed by atoms with van der Waals surface area (Å²) in [5, 5.41) is 5.42. The van der Waals surface area contributed by atoms with Crippen LogP contribution in [0.1, 0.15) is 34.7 Å². The number of aromatic nitrogens is 1. The van der Waals surface area contributed by atoms with E-state index in [1.807, 2.05) is 0 Å². The van der Waals surface area contributed by atoms with Gasteiger partial charge in [0.25, 0.3) is 11.8 Å². The highest BCUT2D eigenvalue weighted by atomic mass is 16.5. The van der Waals surface area contributed by atoms with Gasteiger partial charge in [-0.25, -0.2) is 0 Å². The molecule has 1 fully saturated rings. The monoisotopic (exact) mass is 277 g/mol. The summed E-state index contributed by atoms with van der Waals surface area (Å²) in [4.78, 5) is 27.5. The number of rotatable bonds is 3. The summed E-state index contributed by atoms with van der Waals surface area (Å²) < 4.78 is 5.39. The molecule has 6 heteroatoms. The molecule has 1 aliphatic rings. The van der Waals surface area contributed by atoms with Crippen LogP contribution in [0.2, 0.25) is 0 Å². The normalized spacial score (nSPS) is 20.4. The average molecular weight is 277 g/mol. The maximum absolute atomic E-state index is 12.1. The molecule has 0 saturated carbocycles. The summed E-state index contributed by atoms with van der Waals surface area (Å²) in [6, 6.07) is 3.10. The highest BCUT2D eigenvalue weighted by molar-refractivity contribution is 5.96. The van der Waals surface area contributed by atoms with Crippen LogP contribution in [-0.4, -0.2) is 43.1 Å². The van der Waals surface area contributed by atoms with Crippen molar-refractivity contribution in [1.29, 1.82) is 0 Å². The van der Waals surface area contributed by atoms with Gasteiger partial charge in [0.05, 0.1) is 24.8 Å². The smallest absolute Gasteiger partial charge is 0.269 e. The van der Waals surface area contributed by atoms with E-state index in [9.17, 15) is 9.59 Å². The third-order valence-corrected chi connectivity index (χ3v) is 3.49. The third-order valence-electron chi connectivity index (χ3n) is 3.49. The van der Waals surface area contributed by atoms with E-state index in [2.05, 4.69) is 29.5 Å². The van der Waals surface area contributed by atoms with Crippen LogP contribution >= 0.6 is 0 Å². The van der Waals surface area contributed by atoms with Crippen molar-refractivity contribution in [2.45, 2.75) is 19.9 Å². The predicted molar refractivity (Wildman–Crippen MR) is 73.5 cm³/mol. The second-order valence-corrected chi connectivity index (χ2v) is 5.54. The summed E-state index contributed by atoms with van der Waals surface area (Å²) in [6.07, 6.45) is 1.41. The van der Waals surface area contributed by atoms with E-state index >= 15 is 0 Å². The molecule has 20 heavy (non-hydrogen) atoms. The van der Waals surface area contributed by atoms with Crippen molar-refractivity contribution >= 4 is 11.8 Å². The van der Waals surface area contributed by atoms with Crippen molar-refractivity contribution in [2.24, 2.45) is 5.41 Å². The standard InChI is InChI=1S/C14H19N3O3/c1-14(2)8-20-7-11(14)17-12(18)9-4-5-10(16-6-9)13(19)15-3/h4-6,11H,7-8H2,1-3H3,(H,15,19)(H,17,18). The summed E-state index contributed by atoms with van der Waals surface area (Å²) in [6.45, 7) is 5.25. The van der Waals surface area contributed by atoms with Crippen molar-refractivity contribution in [2.75, 3.05) is 20.3 Å². The molecule has 0 spiro atoms. The summed E-state index contributed by atoms with van der Waals surface area (Å²) in [5.74, 6) is -0.480. The van der Waals surface area contributed by atoms with Crippen LogP contribution in [0.15, 0.2) is 18.3 Å². The minimum absolute atomic E-state index is 0.0198. The number of amides is 2. The number of hydrogen-bond donors (Lipinski definition) is 2. The Morgan fingerprint density at radius 2 is 2.10 bits per heavy atom. The fourth-order valence-electron chi connectivity index (χ4n) is 2.04. The van der Waals surface area contributed by atoms with Crippen LogP contribution < -0.4 is 10.6 Å². The summed E-state index contributed by atoms with van der Waals surface area (Å²) >= 11 is 0. The van der Waals surface area contributed by atoms with E-state index in [-0.39, 0.29) is 29.0 Å². The van der Waals surface area contributed by atoms with Gasteiger partial charge < -0.3 is 15.4 Å².